The molecule has 5 heteroatoms. The molecule has 4 aliphatic rings. The molecule has 0 unspecified atom stereocenters. The Morgan fingerprint density at radius 2 is 2.19 bits per heavy atom. The van der Waals surface area contributed by atoms with E-state index in [0.717, 1.165) is 0 Å². The highest BCUT2D eigenvalue weighted by Crippen LogP contribution is 2.56. The molecule has 16 heavy (non-hydrogen) atoms. The van der Waals surface area contributed by atoms with Gasteiger partial charge in [0.1, 0.15) is 0 Å². The highest BCUT2D eigenvalue weighted by Gasteiger charge is 2.64. The summed E-state index contributed by atoms with van der Waals surface area (Å²) in [6.45, 7) is 0. The molecule has 5 nitrogen and oxygen atoms in total. The lowest BCUT2D eigenvalue weighted by Crippen LogP contribution is -2.51. The maximum atomic E-state index is 11.6. The molecule has 0 aromatic rings. The molecule has 0 aromatic heterocycles. The molecular weight excluding hydrogens is 212 g/mol. The van der Waals surface area contributed by atoms with Crippen LogP contribution in [0.25, 0.3) is 0 Å². The zero-order valence-electron chi connectivity index (χ0n) is 8.38. The molecule has 0 amide bonds. The fourth-order valence-corrected chi connectivity index (χ4v) is 3.22. The molecule has 0 spiro atoms. The number of ether oxygens (including phenoxy) is 1. The molecule has 0 aromatic carbocycles. The Morgan fingerprint density at radius 1 is 1.44 bits per heavy atom. The van der Waals surface area contributed by atoms with Crippen LogP contribution in [0.15, 0.2) is 12.2 Å². The molecule has 1 aliphatic heterocycles. The van der Waals surface area contributed by atoms with Crippen LogP contribution in [-0.4, -0.2) is 23.0 Å². The van der Waals surface area contributed by atoms with E-state index in [2.05, 4.69) is 4.74 Å². The van der Waals surface area contributed by atoms with E-state index in [1.807, 2.05) is 0 Å². The van der Waals surface area contributed by atoms with Crippen molar-refractivity contribution in [3.8, 4) is 0 Å². The number of fused-ring (bicyclic) bond motifs is 1. The Kier molecular flexibility index (Phi) is 1.63. The van der Waals surface area contributed by atoms with E-state index in [4.69, 9.17) is 0 Å². The monoisotopic (exact) mass is 222 g/mol. The predicted molar refractivity (Wildman–Crippen MR) is 50.0 cm³/mol. The van der Waals surface area contributed by atoms with Crippen LogP contribution < -0.4 is 0 Å². The molecule has 1 heterocycles. The molecule has 3 aliphatic carbocycles. The number of hydrogen-bond donors (Lipinski definition) is 1. The first-order chi connectivity index (χ1) is 7.56. The topological polar surface area (TPSA) is 80.7 Å². The van der Waals surface area contributed by atoms with Gasteiger partial charge < -0.3 is 9.84 Å². The molecule has 0 radical (unpaired) electrons. The number of cyclic esters (lactones) is 2. The molecule has 1 saturated carbocycles. The van der Waals surface area contributed by atoms with Crippen LogP contribution in [0, 0.1) is 23.2 Å². The van der Waals surface area contributed by atoms with Crippen molar-refractivity contribution in [2.75, 3.05) is 0 Å². The number of allylic oxidation sites excluding steroid dienone is 1. The number of aliphatic carboxylic acids is 1. The number of esters is 2. The lowest BCUT2D eigenvalue weighted by Gasteiger charge is -2.44. The Balaban J connectivity index is 2.16. The molecule has 1 N–H and O–H groups in total. The highest BCUT2D eigenvalue weighted by molar-refractivity contribution is 6.01. The van der Waals surface area contributed by atoms with Gasteiger partial charge in [-0.1, -0.05) is 12.2 Å². The first-order valence-corrected chi connectivity index (χ1v) is 5.24. The van der Waals surface area contributed by atoms with Gasteiger partial charge in [-0.25, -0.2) is 0 Å². The Morgan fingerprint density at radius 3 is 2.75 bits per heavy atom. The molecule has 1 saturated heterocycles. The van der Waals surface area contributed by atoms with Gasteiger partial charge in [0.15, 0.2) is 0 Å². The summed E-state index contributed by atoms with van der Waals surface area (Å²) < 4.78 is 4.58. The van der Waals surface area contributed by atoms with Crippen molar-refractivity contribution in [1.82, 2.24) is 0 Å². The maximum Gasteiger partial charge on any atom is 0.318 e. The second-order valence-corrected chi connectivity index (χ2v) is 4.65. The van der Waals surface area contributed by atoms with Gasteiger partial charge in [0, 0.05) is 0 Å². The van der Waals surface area contributed by atoms with Crippen molar-refractivity contribution in [1.29, 1.82) is 0 Å². The van der Waals surface area contributed by atoms with E-state index in [-0.39, 0.29) is 5.92 Å². The summed E-state index contributed by atoms with van der Waals surface area (Å²) >= 11 is 0. The van der Waals surface area contributed by atoms with Gasteiger partial charge >= 0.3 is 17.9 Å². The summed E-state index contributed by atoms with van der Waals surface area (Å²) in [6.07, 6.45) is 4.36. The van der Waals surface area contributed by atoms with Gasteiger partial charge in [-0.15, -0.1) is 0 Å². The van der Waals surface area contributed by atoms with Crippen molar-refractivity contribution in [2.45, 2.75) is 12.8 Å². The summed E-state index contributed by atoms with van der Waals surface area (Å²) in [5, 5.41) is 9.29. The van der Waals surface area contributed by atoms with Crippen LogP contribution in [-0.2, 0) is 19.1 Å². The second-order valence-electron chi connectivity index (χ2n) is 4.65. The molecule has 2 bridgehead atoms. The van der Waals surface area contributed by atoms with Crippen LogP contribution in [0.4, 0.5) is 0 Å². The van der Waals surface area contributed by atoms with Gasteiger partial charge in [-0.2, -0.15) is 0 Å². The first-order valence-electron chi connectivity index (χ1n) is 5.24. The Hall–Kier alpha value is -1.65. The van der Waals surface area contributed by atoms with E-state index in [9.17, 15) is 19.5 Å². The lowest BCUT2D eigenvalue weighted by atomic mass is 9.55. The summed E-state index contributed by atoms with van der Waals surface area (Å²) in [5.74, 6) is -3.71. The van der Waals surface area contributed by atoms with E-state index in [1.54, 1.807) is 12.2 Å². The fourth-order valence-electron chi connectivity index (χ4n) is 3.22. The zero-order chi connectivity index (χ0) is 11.5. The highest BCUT2D eigenvalue weighted by atomic mass is 16.6. The summed E-state index contributed by atoms with van der Waals surface area (Å²) in [6, 6.07) is 0. The van der Waals surface area contributed by atoms with Gasteiger partial charge in [0.2, 0.25) is 0 Å². The number of carbonyl (C=O) groups is 3. The van der Waals surface area contributed by atoms with E-state index >= 15 is 0 Å². The van der Waals surface area contributed by atoms with Crippen LogP contribution in [0.3, 0.4) is 0 Å². The molecule has 4 atom stereocenters. The molecule has 84 valence electrons. The molecule has 2 fully saturated rings. The lowest BCUT2D eigenvalue weighted by molar-refractivity contribution is -0.161. The maximum absolute atomic E-state index is 11.6. The standard InChI is InChI=1S/C11H10O5/c12-8-6-5-1-3-11(4-2-5,10(14)15)7(6)9(13)16-8/h1,3,5-7H,2,4H2,(H,14,15)/t5-,6-,7-,11+/m0/s1. The minimum atomic E-state index is -1.22. The quantitative estimate of drug-likeness (QED) is 0.393. The molecular formula is C11H10O5. The third-order valence-electron chi connectivity index (χ3n) is 4.03. The SMILES string of the molecule is O=C1OC(=O)[C@@H]2[C@@H]1[C@H]1C=C[C@@]2(C(=O)O)CC1. The van der Waals surface area contributed by atoms with Crippen molar-refractivity contribution in [2.24, 2.45) is 23.2 Å². The number of hydrogen-bond acceptors (Lipinski definition) is 4. The van der Waals surface area contributed by atoms with Gasteiger partial charge in [-0.05, 0) is 18.8 Å². The minimum absolute atomic E-state index is 0.0369. The third kappa shape index (κ3) is 0.887. The summed E-state index contributed by atoms with van der Waals surface area (Å²) in [5.41, 5.74) is -1.22. The zero-order valence-corrected chi connectivity index (χ0v) is 8.38. The van der Waals surface area contributed by atoms with Crippen molar-refractivity contribution in [3.05, 3.63) is 12.2 Å². The van der Waals surface area contributed by atoms with Gasteiger partial charge in [0.05, 0.1) is 17.3 Å². The van der Waals surface area contributed by atoms with Crippen LogP contribution in [0.1, 0.15) is 12.8 Å². The fraction of sp³-hybridized carbons (Fsp3) is 0.545. The van der Waals surface area contributed by atoms with E-state index in [0.29, 0.717) is 12.8 Å². The average Bonchev–Trinajstić information content (AvgIpc) is 2.58. The first kappa shape index (κ1) is 9.57. The summed E-state index contributed by atoms with van der Waals surface area (Å²) in [4.78, 5) is 34.4. The Labute approximate surface area is 91.1 Å². The minimum Gasteiger partial charge on any atom is -0.481 e. The van der Waals surface area contributed by atoms with Crippen LogP contribution in [0.5, 0.6) is 0 Å². The van der Waals surface area contributed by atoms with Crippen LogP contribution >= 0.6 is 0 Å². The van der Waals surface area contributed by atoms with E-state index in [1.165, 1.54) is 0 Å². The number of carboxylic acid groups (broad SMARTS) is 1. The predicted octanol–water partition coefficient (Wildman–Crippen LogP) is 0.353. The Bertz CT molecular complexity index is 438. The number of carboxylic acids is 1. The smallest absolute Gasteiger partial charge is 0.318 e. The van der Waals surface area contributed by atoms with Crippen molar-refractivity contribution < 1.29 is 24.2 Å². The number of carbonyl (C=O) groups excluding carboxylic acids is 2. The largest absolute Gasteiger partial charge is 0.481 e. The normalized spacial score (nSPS) is 44.4. The average molecular weight is 222 g/mol. The number of rotatable bonds is 1. The third-order valence-corrected chi connectivity index (χ3v) is 4.03. The van der Waals surface area contributed by atoms with E-state index < -0.39 is 35.2 Å². The van der Waals surface area contributed by atoms with Gasteiger partial charge in [-0.3, -0.25) is 14.4 Å². The molecule has 4 rings (SSSR count). The van der Waals surface area contributed by atoms with Crippen molar-refractivity contribution in [3.63, 3.8) is 0 Å². The summed E-state index contributed by atoms with van der Waals surface area (Å²) in [7, 11) is 0. The van der Waals surface area contributed by atoms with Gasteiger partial charge in [0.25, 0.3) is 0 Å². The van der Waals surface area contributed by atoms with Crippen molar-refractivity contribution >= 4 is 17.9 Å². The second kappa shape index (κ2) is 2.72. The van der Waals surface area contributed by atoms with Crippen LogP contribution in [0.2, 0.25) is 0 Å².